The molecule has 6 heteroatoms. The summed E-state index contributed by atoms with van der Waals surface area (Å²) in [6.45, 7) is 4.09. The van der Waals surface area contributed by atoms with Gasteiger partial charge in [0.05, 0.1) is 18.1 Å². The van der Waals surface area contributed by atoms with Gasteiger partial charge < -0.3 is 4.57 Å². The number of carbonyl (C=O) groups excluding carboxylic acids is 2. The molecule has 4 aliphatic carbocycles. The normalized spacial score (nSPS) is 33.5. The number of rotatable bonds is 3. The zero-order chi connectivity index (χ0) is 20.7. The van der Waals surface area contributed by atoms with Crippen LogP contribution < -0.4 is 0 Å². The maximum atomic E-state index is 13.1. The van der Waals surface area contributed by atoms with Crippen molar-refractivity contribution in [2.24, 2.45) is 40.6 Å². The highest BCUT2D eigenvalue weighted by atomic mass is 127. The lowest BCUT2D eigenvalue weighted by molar-refractivity contribution is -0.140. The van der Waals surface area contributed by atoms with E-state index in [1.807, 2.05) is 6.92 Å². The first-order chi connectivity index (χ1) is 14.5. The molecule has 2 aromatic rings. The second-order valence-electron chi connectivity index (χ2n) is 9.03. The molecule has 1 aromatic heterocycles. The predicted molar refractivity (Wildman–Crippen MR) is 122 cm³/mol. The van der Waals surface area contributed by atoms with E-state index in [0.717, 1.165) is 27.6 Å². The second-order valence-corrected chi connectivity index (χ2v) is 10.3. The van der Waals surface area contributed by atoms with Crippen molar-refractivity contribution >= 4 is 40.6 Å². The van der Waals surface area contributed by atoms with Crippen LogP contribution in [0.5, 0.6) is 0 Å². The number of carbonyl (C=O) groups is 2. The summed E-state index contributed by atoms with van der Waals surface area (Å²) < 4.78 is 3.36. The minimum Gasteiger partial charge on any atom is -0.318 e. The molecule has 2 bridgehead atoms. The van der Waals surface area contributed by atoms with Crippen molar-refractivity contribution in [2.75, 3.05) is 0 Å². The highest BCUT2D eigenvalue weighted by Gasteiger charge is 2.67. The van der Waals surface area contributed by atoms with Crippen LogP contribution in [0.4, 0.5) is 0 Å². The van der Waals surface area contributed by atoms with Crippen LogP contribution in [0.15, 0.2) is 47.6 Å². The Hall–Kier alpha value is -2.22. The molecule has 5 nitrogen and oxygen atoms in total. The van der Waals surface area contributed by atoms with Gasteiger partial charge in [0.2, 0.25) is 0 Å². The Labute approximate surface area is 189 Å². The zero-order valence-corrected chi connectivity index (χ0v) is 19.0. The van der Waals surface area contributed by atoms with E-state index in [1.54, 1.807) is 6.21 Å². The number of nitrogens with zero attached hydrogens (tertiary/aromatic N) is 3. The first kappa shape index (κ1) is 18.5. The van der Waals surface area contributed by atoms with Crippen LogP contribution in [0.3, 0.4) is 0 Å². The second kappa shape index (κ2) is 6.39. The Bertz CT molecular complexity index is 1110. The Morgan fingerprint density at radius 2 is 1.60 bits per heavy atom. The molecule has 2 amide bonds. The summed E-state index contributed by atoms with van der Waals surface area (Å²) in [5.41, 5.74) is 4.14. The molecule has 1 saturated heterocycles. The van der Waals surface area contributed by atoms with Crippen molar-refractivity contribution < 1.29 is 9.59 Å². The number of imide groups is 1. The van der Waals surface area contributed by atoms with Crippen LogP contribution in [0.25, 0.3) is 5.69 Å². The molecule has 2 saturated carbocycles. The molecule has 0 spiro atoms. The molecule has 0 radical (unpaired) electrons. The fraction of sp³-hybridized carbons (Fsp3) is 0.375. The average molecular weight is 511 g/mol. The van der Waals surface area contributed by atoms with Gasteiger partial charge in [0.25, 0.3) is 11.8 Å². The van der Waals surface area contributed by atoms with E-state index >= 15 is 0 Å². The number of aromatic nitrogens is 1. The fourth-order valence-electron chi connectivity index (χ4n) is 6.08. The van der Waals surface area contributed by atoms with E-state index in [0.29, 0.717) is 11.8 Å². The molecule has 0 unspecified atom stereocenters. The Morgan fingerprint density at radius 1 is 1.00 bits per heavy atom. The fourth-order valence-corrected chi connectivity index (χ4v) is 6.44. The Morgan fingerprint density at radius 3 is 2.20 bits per heavy atom. The monoisotopic (exact) mass is 511 g/mol. The van der Waals surface area contributed by atoms with Gasteiger partial charge in [-0.15, -0.1) is 0 Å². The number of hydrogen-bond donors (Lipinski definition) is 0. The smallest absolute Gasteiger partial charge is 0.254 e. The maximum Gasteiger partial charge on any atom is 0.254 e. The Balaban J connectivity index is 1.30. The van der Waals surface area contributed by atoms with Crippen LogP contribution in [0.2, 0.25) is 0 Å². The van der Waals surface area contributed by atoms with Gasteiger partial charge in [-0.05, 0) is 96.9 Å². The molecule has 30 heavy (non-hydrogen) atoms. The Kier molecular flexibility index (Phi) is 3.95. The third-order valence-electron chi connectivity index (χ3n) is 7.51. The summed E-state index contributed by atoms with van der Waals surface area (Å²) in [5.74, 6) is 1.04. The average Bonchev–Trinajstić information content (AvgIpc) is 3.46. The lowest BCUT2D eigenvalue weighted by Crippen LogP contribution is -2.40. The van der Waals surface area contributed by atoms with Crippen LogP contribution in [0.1, 0.15) is 23.4 Å². The van der Waals surface area contributed by atoms with Crippen molar-refractivity contribution in [3.8, 4) is 5.69 Å². The van der Waals surface area contributed by atoms with Crippen molar-refractivity contribution in [3.05, 3.63) is 63.0 Å². The van der Waals surface area contributed by atoms with Gasteiger partial charge in [-0.3, -0.25) is 9.59 Å². The molecular weight excluding hydrogens is 489 g/mol. The molecule has 6 atom stereocenters. The van der Waals surface area contributed by atoms with Gasteiger partial charge in [0.15, 0.2) is 0 Å². The van der Waals surface area contributed by atoms with E-state index in [2.05, 4.69) is 81.7 Å². The van der Waals surface area contributed by atoms with E-state index in [1.165, 1.54) is 9.99 Å². The maximum absolute atomic E-state index is 13.1. The van der Waals surface area contributed by atoms with Crippen LogP contribution in [-0.2, 0) is 9.59 Å². The van der Waals surface area contributed by atoms with Gasteiger partial charge in [-0.1, -0.05) is 12.2 Å². The summed E-state index contributed by atoms with van der Waals surface area (Å²) >= 11 is 2.30. The molecular formula is C24H22IN3O2. The van der Waals surface area contributed by atoms with Crippen molar-refractivity contribution in [3.63, 3.8) is 0 Å². The largest absolute Gasteiger partial charge is 0.318 e. The van der Waals surface area contributed by atoms with Crippen LogP contribution in [-0.4, -0.2) is 27.6 Å². The van der Waals surface area contributed by atoms with Crippen molar-refractivity contribution in [1.82, 2.24) is 9.58 Å². The number of allylic oxidation sites excluding steroid dienone is 2. The highest BCUT2D eigenvalue weighted by molar-refractivity contribution is 14.1. The van der Waals surface area contributed by atoms with Crippen LogP contribution in [0, 0.1) is 52.9 Å². The molecule has 3 fully saturated rings. The third-order valence-corrected chi connectivity index (χ3v) is 8.23. The molecule has 5 aliphatic rings. The van der Waals surface area contributed by atoms with Gasteiger partial charge in [0.1, 0.15) is 0 Å². The predicted octanol–water partition coefficient (Wildman–Crippen LogP) is 4.09. The number of hydrazone groups is 1. The zero-order valence-electron chi connectivity index (χ0n) is 16.8. The van der Waals surface area contributed by atoms with Crippen LogP contribution >= 0.6 is 22.6 Å². The summed E-state index contributed by atoms with van der Waals surface area (Å²) in [6, 6.07) is 10.4. The van der Waals surface area contributed by atoms with Gasteiger partial charge in [0, 0.05) is 26.2 Å². The van der Waals surface area contributed by atoms with E-state index in [-0.39, 0.29) is 35.5 Å². The quantitative estimate of drug-likeness (QED) is 0.270. The first-order valence-corrected chi connectivity index (χ1v) is 11.6. The summed E-state index contributed by atoms with van der Waals surface area (Å²) in [5, 5.41) is 5.56. The van der Waals surface area contributed by atoms with E-state index in [9.17, 15) is 9.59 Å². The van der Waals surface area contributed by atoms with E-state index in [4.69, 9.17) is 0 Å². The van der Waals surface area contributed by atoms with Gasteiger partial charge in [-0.2, -0.15) is 10.1 Å². The highest BCUT2D eigenvalue weighted by Crippen LogP contribution is 2.65. The molecule has 152 valence electrons. The number of halogens is 1. The van der Waals surface area contributed by atoms with Crippen molar-refractivity contribution in [1.29, 1.82) is 0 Å². The number of benzene rings is 1. The number of aryl methyl sites for hydroxylation is 1. The minimum atomic E-state index is -0.201. The third kappa shape index (κ3) is 2.49. The standard InChI is InChI=1S/C24H22IN3O2/c1-12-9-14(13(2)27(12)16-5-3-15(25)4-6-16)11-26-28-23(29)21-17-7-8-18(20-10-19(17)20)22(21)24(28)30/h3-9,11,17-22H,10H2,1-2H3/b26-11-/t17-,18-,19-,20-,21+,22+/m0/s1. The first-order valence-electron chi connectivity index (χ1n) is 10.5. The number of amides is 2. The van der Waals surface area contributed by atoms with Gasteiger partial charge in [-0.25, -0.2) is 0 Å². The van der Waals surface area contributed by atoms with E-state index < -0.39 is 0 Å². The van der Waals surface area contributed by atoms with Gasteiger partial charge >= 0.3 is 0 Å². The lowest BCUT2D eigenvalue weighted by atomic mass is 9.63. The molecule has 7 rings (SSSR count). The molecule has 1 aliphatic heterocycles. The topological polar surface area (TPSA) is 54.7 Å². The summed E-state index contributed by atoms with van der Waals surface area (Å²) in [7, 11) is 0. The number of hydrogen-bond acceptors (Lipinski definition) is 3. The SMILES string of the molecule is Cc1cc(/C=N\N2C(=O)[C@@H]3[C@H]4C=C[C@@H]([C@@H]5C[C@@H]45)[C@H]3C2=O)c(C)n1-c1ccc(I)cc1. The summed E-state index contributed by atoms with van der Waals surface area (Å²) in [4.78, 5) is 26.2. The minimum absolute atomic E-state index is 0.114. The summed E-state index contributed by atoms with van der Waals surface area (Å²) in [6.07, 6.45) is 7.22. The molecule has 2 heterocycles. The van der Waals surface area contributed by atoms with Crippen molar-refractivity contribution in [2.45, 2.75) is 20.3 Å². The molecule has 0 N–H and O–H groups in total. The lowest BCUT2D eigenvalue weighted by Gasteiger charge is -2.37. The molecule has 1 aromatic carbocycles.